The Morgan fingerprint density at radius 1 is 1.32 bits per heavy atom. The molecule has 3 rings (SSSR count). The number of sulfone groups is 2. The van der Waals surface area contributed by atoms with Gasteiger partial charge in [-0.15, -0.1) is 0 Å². The Morgan fingerprint density at radius 2 is 2.08 bits per heavy atom. The lowest BCUT2D eigenvalue weighted by Gasteiger charge is -2.32. The molecule has 1 N–H and O–H groups in total. The molecule has 25 heavy (non-hydrogen) atoms. The van der Waals surface area contributed by atoms with Crippen molar-refractivity contribution in [2.75, 3.05) is 23.0 Å². The lowest BCUT2D eigenvalue weighted by atomic mass is 10.0. The van der Waals surface area contributed by atoms with E-state index in [4.69, 9.17) is 4.42 Å². The number of carbonyl (C=O) groups is 1. The van der Waals surface area contributed by atoms with Crippen molar-refractivity contribution in [3.05, 3.63) is 24.2 Å². The van der Waals surface area contributed by atoms with Gasteiger partial charge in [-0.25, -0.2) is 21.6 Å². The molecule has 140 valence electrons. The molecule has 2 aliphatic heterocycles. The van der Waals surface area contributed by atoms with Crippen molar-refractivity contribution in [2.24, 2.45) is 0 Å². The zero-order chi connectivity index (χ0) is 18.3. The van der Waals surface area contributed by atoms with Gasteiger partial charge >= 0.3 is 6.03 Å². The third-order valence-corrected chi connectivity index (χ3v) is 8.38. The Morgan fingerprint density at radius 3 is 2.60 bits per heavy atom. The van der Waals surface area contributed by atoms with Gasteiger partial charge in [0.1, 0.15) is 5.76 Å². The first-order valence-electron chi connectivity index (χ1n) is 8.10. The van der Waals surface area contributed by atoms with Gasteiger partial charge in [-0.1, -0.05) is 0 Å². The highest BCUT2D eigenvalue weighted by molar-refractivity contribution is 7.92. The second-order valence-electron chi connectivity index (χ2n) is 7.10. The van der Waals surface area contributed by atoms with Crippen LogP contribution in [-0.4, -0.2) is 62.4 Å². The van der Waals surface area contributed by atoms with Gasteiger partial charge in [0.15, 0.2) is 19.7 Å². The second-order valence-corrected chi connectivity index (χ2v) is 11.5. The van der Waals surface area contributed by atoms with Crippen LogP contribution in [0.4, 0.5) is 4.79 Å². The second kappa shape index (κ2) is 6.31. The number of hydrogen-bond acceptors (Lipinski definition) is 6. The van der Waals surface area contributed by atoms with E-state index >= 15 is 0 Å². The first kappa shape index (κ1) is 18.2. The average molecular weight is 390 g/mol. The van der Waals surface area contributed by atoms with Crippen LogP contribution in [0.2, 0.25) is 0 Å². The summed E-state index contributed by atoms with van der Waals surface area (Å²) in [5.41, 5.74) is -0.838. The number of urea groups is 1. The number of nitrogens with zero attached hydrogens (tertiary/aromatic N) is 1. The molecule has 0 bridgehead atoms. The average Bonchev–Trinajstić information content (AvgIpc) is 3.16. The van der Waals surface area contributed by atoms with E-state index in [0.29, 0.717) is 18.6 Å². The van der Waals surface area contributed by atoms with E-state index in [1.54, 1.807) is 19.1 Å². The smallest absolute Gasteiger partial charge is 0.318 e. The fourth-order valence-corrected chi connectivity index (χ4v) is 7.22. The molecule has 10 heteroatoms. The highest BCUT2D eigenvalue weighted by Gasteiger charge is 2.42. The third kappa shape index (κ3) is 4.35. The first-order chi connectivity index (χ1) is 11.6. The maximum atomic E-state index is 12.8. The standard InChI is InChI=1S/C15H22N2O6S2/c1-15(5-8-25(21,22)11-15)16-14(18)17(9-13-3-2-6-23-13)12-4-7-24(19,20)10-12/h2-3,6,12H,4-5,7-11H2,1H3,(H,16,18). The van der Waals surface area contributed by atoms with Crippen molar-refractivity contribution < 1.29 is 26.0 Å². The van der Waals surface area contributed by atoms with Gasteiger partial charge < -0.3 is 14.6 Å². The molecule has 2 fully saturated rings. The summed E-state index contributed by atoms with van der Waals surface area (Å²) in [6, 6.07) is 2.50. The number of nitrogens with one attached hydrogen (secondary N) is 1. The van der Waals surface area contributed by atoms with Crippen molar-refractivity contribution in [1.82, 2.24) is 10.2 Å². The molecule has 0 aromatic carbocycles. The highest BCUT2D eigenvalue weighted by Crippen LogP contribution is 2.25. The molecule has 0 saturated carbocycles. The lowest BCUT2D eigenvalue weighted by molar-refractivity contribution is 0.161. The van der Waals surface area contributed by atoms with Gasteiger partial charge in [0.2, 0.25) is 0 Å². The molecule has 8 nitrogen and oxygen atoms in total. The number of carbonyl (C=O) groups excluding carboxylic acids is 1. The van der Waals surface area contributed by atoms with E-state index in [1.807, 2.05) is 0 Å². The summed E-state index contributed by atoms with van der Waals surface area (Å²) in [4.78, 5) is 14.3. The maximum Gasteiger partial charge on any atom is 0.318 e. The lowest BCUT2D eigenvalue weighted by Crippen LogP contribution is -2.54. The number of rotatable bonds is 4. The number of furan rings is 1. The van der Waals surface area contributed by atoms with Crippen LogP contribution in [0.1, 0.15) is 25.5 Å². The molecule has 0 aliphatic carbocycles. The van der Waals surface area contributed by atoms with Crippen LogP contribution in [0, 0.1) is 0 Å². The minimum atomic E-state index is -3.16. The summed E-state index contributed by atoms with van der Waals surface area (Å²) in [5.74, 6) is 0.438. The summed E-state index contributed by atoms with van der Waals surface area (Å²) in [6.07, 6.45) is 2.20. The van der Waals surface area contributed by atoms with E-state index < -0.39 is 37.3 Å². The van der Waals surface area contributed by atoms with E-state index in [0.717, 1.165) is 0 Å². The molecular weight excluding hydrogens is 368 g/mol. The number of amides is 2. The quantitative estimate of drug-likeness (QED) is 0.803. The zero-order valence-electron chi connectivity index (χ0n) is 14.0. The zero-order valence-corrected chi connectivity index (χ0v) is 15.6. The molecule has 2 amide bonds. The molecule has 1 aromatic heterocycles. The summed E-state index contributed by atoms with van der Waals surface area (Å²) in [7, 11) is -6.32. The van der Waals surface area contributed by atoms with Gasteiger partial charge in [0.05, 0.1) is 41.4 Å². The van der Waals surface area contributed by atoms with Crippen LogP contribution < -0.4 is 5.32 Å². The Hall–Kier alpha value is -1.55. The van der Waals surface area contributed by atoms with Crippen molar-refractivity contribution >= 4 is 25.7 Å². The predicted molar refractivity (Wildman–Crippen MR) is 91.5 cm³/mol. The summed E-state index contributed by atoms with van der Waals surface area (Å²) >= 11 is 0. The van der Waals surface area contributed by atoms with Gasteiger partial charge in [-0.2, -0.15) is 0 Å². The Kier molecular flexibility index (Phi) is 4.61. The van der Waals surface area contributed by atoms with Crippen LogP contribution in [0.15, 0.2) is 22.8 Å². The molecular formula is C15H22N2O6S2. The van der Waals surface area contributed by atoms with Gasteiger partial charge in [-0.05, 0) is 31.9 Å². The monoisotopic (exact) mass is 390 g/mol. The first-order valence-corrected chi connectivity index (χ1v) is 11.7. The van der Waals surface area contributed by atoms with Crippen molar-refractivity contribution in [1.29, 1.82) is 0 Å². The van der Waals surface area contributed by atoms with Crippen LogP contribution in [0.5, 0.6) is 0 Å². The minimum absolute atomic E-state index is 0.0414. The Balaban J connectivity index is 1.77. The maximum absolute atomic E-state index is 12.8. The van der Waals surface area contributed by atoms with Crippen molar-refractivity contribution in [2.45, 2.75) is 37.9 Å². The van der Waals surface area contributed by atoms with Crippen LogP contribution >= 0.6 is 0 Å². The van der Waals surface area contributed by atoms with E-state index in [2.05, 4.69) is 5.32 Å². The molecule has 2 unspecified atom stereocenters. The van der Waals surface area contributed by atoms with E-state index in [1.165, 1.54) is 11.2 Å². The SMILES string of the molecule is CC1(NC(=O)N(Cc2ccco2)C2CCS(=O)(=O)C2)CCS(=O)(=O)C1. The predicted octanol–water partition coefficient (Wildman–Crippen LogP) is 0.556. The third-order valence-electron chi connectivity index (χ3n) is 4.73. The largest absolute Gasteiger partial charge is 0.467 e. The van der Waals surface area contributed by atoms with Gasteiger partial charge in [-0.3, -0.25) is 0 Å². The normalized spacial score (nSPS) is 30.2. The van der Waals surface area contributed by atoms with Crippen LogP contribution in [0.25, 0.3) is 0 Å². The van der Waals surface area contributed by atoms with Crippen molar-refractivity contribution in [3.63, 3.8) is 0 Å². The van der Waals surface area contributed by atoms with Crippen LogP contribution in [0.3, 0.4) is 0 Å². The highest BCUT2D eigenvalue weighted by atomic mass is 32.2. The van der Waals surface area contributed by atoms with Gasteiger partial charge in [0.25, 0.3) is 0 Å². The molecule has 3 heterocycles. The molecule has 2 aliphatic rings. The molecule has 0 spiro atoms. The molecule has 2 saturated heterocycles. The Labute approximate surface area is 147 Å². The fourth-order valence-electron chi connectivity index (χ4n) is 3.40. The van der Waals surface area contributed by atoms with E-state index in [9.17, 15) is 21.6 Å². The summed E-state index contributed by atoms with van der Waals surface area (Å²) in [5, 5.41) is 2.80. The summed E-state index contributed by atoms with van der Waals surface area (Å²) in [6.45, 7) is 1.84. The fraction of sp³-hybridized carbons (Fsp3) is 0.667. The number of hydrogen-bond donors (Lipinski definition) is 1. The summed E-state index contributed by atoms with van der Waals surface area (Å²) < 4.78 is 52.4. The molecule has 0 radical (unpaired) electrons. The Bertz CT molecular complexity index is 847. The molecule has 1 aromatic rings. The molecule has 2 atom stereocenters. The van der Waals surface area contributed by atoms with Crippen molar-refractivity contribution in [3.8, 4) is 0 Å². The van der Waals surface area contributed by atoms with Gasteiger partial charge in [0, 0.05) is 6.04 Å². The minimum Gasteiger partial charge on any atom is -0.467 e. The van der Waals surface area contributed by atoms with Crippen LogP contribution in [-0.2, 0) is 26.2 Å². The topological polar surface area (TPSA) is 114 Å². The van der Waals surface area contributed by atoms with E-state index in [-0.39, 0.29) is 29.6 Å².